The summed E-state index contributed by atoms with van der Waals surface area (Å²) in [4.78, 5) is 21.6. The lowest BCUT2D eigenvalue weighted by Crippen LogP contribution is -2.42. The number of carbonyl (C=O) groups excluding carboxylic acids is 1. The maximum Gasteiger partial charge on any atom is 0.289 e. The maximum absolute atomic E-state index is 13.2. The average molecular weight is 417 g/mol. The minimum atomic E-state index is -4.46. The van der Waals surface area contributed by atoms with Gasteiger partial charge < -0.3 is 0 Å². The van der Waals surface area contributed by atoms with E-state index in [1.165, 1.54) is 37.3 Å². The van der Waals surface area contributed by atoms with Crippen LogP contribution in [0, 0.1) is 17.0 Å². The zero-order chi connectivity index (χ0) is 19.6. The molecule has 26 heavy (non-hydrogen) atoms. The van der Waals surface area contributed by atoms with E-state index in [1.54, 1.807) is 6.92 Å². The highest BCUT2D eigenvalue weighted by molar-refractivity contribution is 7.93. The van der Waals surface area contributed by atoms with Crippen LogP contribution in [-0.4, -0.2) is 24.6 Å². The molecule has 10 heteroatoms. The molecule has 1 atom stereocenters. The lowest BCUT2D eigenvalue weighted by atomic mass is 10.2. The van der Waals surface area contributed by atoms with E-state index in [0.717, 1.165) is 16.4 Å². The van der Waals surface area contributed by atoms with Crippen molar-refractivity contribution in [2.24, 2.45) is 0 Å². The molecular formula is C16H14Cl2N2O5S. The first-order valence-electron chi connectivity index (χ1n) is 7.30. The number of nitro benzene ring substituents is 1. The number of aryl methyl sites for hydroxylation is 1. The van der Waals surface area contributed by atoms with Crippen molar-refractivity contribution >= 4 is 49.8 Å². The van der Waals surface area contributed by atoms with Gasteiger partial charge >= 0.3 is 0 Å². The van der Waals surface area contributed by atoms with Gasteiger partial charge in [-0.05, 0) is 55.3 Å². The van der Waals surface area contributed by atoms with Gasteiger partial charge in [-0.3, -0.25) is 19.2 Å². The fourth-order valence-corrected chi connectivity index (χ4v) is 4.41. The van der Waals surface area contributed by atoms with E-state index in [4.69, 9.17) is 23.2 Å². The highest BCUT2D eigenvalue weighted by atomic mass is 35.5. The highest BCUT2D eigenvalue weighted by Crippen LogP contribution is 2.33. The molecule has 2 aromatic rings. The van der Waals surface area contributed by atoms with E-state index < -0.39 is 36.8 Å². The Morgan fingerprint density at radius 1 is 1.23 bits per heavy atom. The van der Waals surface area contributed by atoms with E-state index in [1.807, 2.05) is 0 Å². The summed E-state index contributed by atoms with van der Waals surface area (Å²) in [6.07, 6.45) is 0. The molecule has 0 aliphatic carbocycles. The van der Waals surface area contributed by atoms with Gasteiger partial charge in [0.1, 0.15) is 6.04 Å². The number of benzene rings is 2. The molecule has 0 bridgehead atoms. The molecule has 7 nitrogen and oxygen atoms in total. The second-order valence-electron chi connectivity index (χ2n) is 5.44. The number of anilines is 1. The summed E-state index contributed by atoms with van der Waals surface area (Å²) in [6.45, 7) is 2.96. The Labute approximate surface area is 160 Å². The number of hydrogen-bond donors (Lipinski definition) is 0. The monoisotopic (exact) mass is 416 g/mol. The van der Waals surface area contributed by atoms with Gasteiger partial charge in [0.25, 0.3) is 15.7 Å². The number of para-hydroxylation sites is 1. The number of carbonyl (C=O) groups is 1. The average Bonchev–Trinajstić information content (AvgIpc) is 2.57. The van der Waals surface area contributed by atoms with E-state index in [9.17, 15) is 23.3 Å². The first-order valence-corrected chi connectivity index (χ1v) is 9.50. The van der Waals surface area contributed by atoms with Gasteiger partial charge in [-0.25, -0.2) is 8.42 Å². The smallest absolute Gasteiger partial charge is 0.279 e. The molecule has 0 fully saturated rings. The zero-order valence-electron chi connectivity index (χ0n) is 13.7. The fourth-order valence-electron chi connectivity index (χ4n) is 2.36. The van der Waals surface area contributed by atoms with Crippen LogP contribution >= 0.6 is 23.2 Å². The van der Waals surface area contributed by atoms with Gasteiger partial charge in [-0.15, -0.1) is 0 Å². The van der Waals surface area contributed by atoms with E-state index in [2.05, 4.69) is 0 Å². The third kappa shape index (κ3) is 3.82. The molecule has 0 aromatic heterocycles. The Hall–Kier alpha value is -2.16. The van der Waals surface area contributed by atoms with Crippen LogP contribution < -0.4 is 4.31 Å². The Kier molecular flexibility index (Phi) is 5.90. The number of hydrogen-bond acceptors (Lipinski definition) is 5. The molecular weight excluding hydrogens is 403 g/mol. The normalized spacial score (nSPS) is 12.5. The maximum atomic E-state index is 13.2. The second-order valence-corrected chi connectivity index (χ2v) is 8.00. The molecule has 2 rings (SSSR count). The van der Waals surface area contributed by atoms with Crippen LogP contribution in [0.5, 0.6) is 0 Å². The van der Waals surface area contributed by atoms with Crippen LogP contribution in [-0.2, 0) is 14.8 Å². The van der Waals surface area contributed by atoms with Crippen LogP contribution in [0.1, 0.15) is 12.5 Å². The van der Waals surface area contributed by atoms with Gasteiger partial charge in [-0.2, -0.15) is 0 Å². The van der Waals surface area contributed by atoms with Crippen molar-refractivity contribution in [3.8, 4) is 0 Å². The van der Waals surface area contributed by atoms with Crippen LogP contribution in [0.2, 0.25) is 5.02 Å². The molecule has 0 radical (unpaired) electrons. The molecule has 1 unspecified atom stereocenters. The lowest BCUT2D eigenvalue weighted by molar-refractivity contribution is -0.387. The SMILES string of the molecule is Cc1cc(N(C(C)C(=O)Cl)S(=O)(=O)c2ccccc2[N+](=O)[O-])ccc1Cl. The fraction of sp³-hybridized carbons (Fsp3) is 0.188. The van der Waals surface area contributed by atoms with Gasteiger partial charge in [0.15, 0.2) is 4.90 Å². The van der Waals surface area contributed by atoms with Crippen LogP contribution in [0.15, 0.2) is 47.4 Å². The van der Waals surface area contributed by atoms with Crippen molar-refractivity contribution in [2.45, 2.75) is 24.8 Å². The molecule has 138 valence electrons. The standard InChI is InChI=1S/C16H14Cl2N2O5S/c1-10-9-12(7-8-13(10)17)19(11(2)16(18)21)26(24,25)15-6-4-3-5-14(15)20(22)23/h3-9,11H,1-2H3. The van der Waals surface area contributed by atoms with Crippen LogP contribution in [0.25, 0.3) is 0 Å². The number of nitro groups is 1. The van der Waals surface area contributed by atoms with E-state index >= 15 is 0 Å². The number of sulfonamides is 1. The summed E-state index contributed by atoms with van der Waals surface area (Å²) < 4.78 is 27.1. The lowest BCUT2D eigenvalue weighted by Gasteiger charge is -2.28. The summed E-state index contributed by atoms with van der Waals surface area (Å²) in [5, 5.41) is 10.7. The summed E-state index contributed by atoms with van der Waals surface area (Å²) >= 11 is 11.5. The number of nitrogens with zero attached hydrogens (tertiary/aromatic N) is 2. The van der Waals surface area contributed by atoms with Gasteiger partial charge in [0, 0.05) is 11.1 Å². The van der Waals surface area contributed by atoms with Gasteiger partial charge in [0.2, 0.25) is 5.24 Å². The molecule has 0 spiro atoms. The van der Waals surface area contributed by atoms with Crippen molar-refractivity contribution in [3.63, 3.8) is 0 Å². The first-order chi connectivity index (χ1) is 12.1. The molecule has 0 amide bonds. The molecule has 0 heterocycles. The molecule has 0 saturated heterocycles. The second kappa shape index (κ2) is 7.61. The number of halogens is 2. The summed E-state index contributed by atoms with van der Waals surface area (Å²) in [5.74, 6) is 0. The minimum Gasteiger partial charge on any atom is -0.279 e. The van der Waals surface area contributed by atoms with Gasteiger partial charge in [0.05, 0.1) is 10.6 Å². The molecule has 0 aliphatic rings. The number of rotatable bonds is 6. The van der Waals surface area contributed by atoms with E-state index in [0.29, 0.717) is 10.6 Å². The molecule has 2 aromatic carbocycles. The Morgan fingerprint density at radius 3 is 2.38 bits per heavy atom. The highest BCUT2D eigenvalue weighted by Gasteiger charge is 2.37. The zero-order valence-corrected chi connectivity index (χ0v) is 16.0. The van der Waals surface area contributed by atoms with E-state index in [-0.39, 0.29) is 5.69 Å². The van der Waals surface area contributed by atoms with Crippen molar-refractivity contribution in [1.82, 2.24) is 0 Å². The van der Waals surface area contributed by atoms with Crippen LogP contribution in [0.3, 0.4) is 0 Å². The largest absolute Gasteiger partial charge is 0.289 e. The third-order valence-electron chi connectivity index (χ3n) is 3.68. The topological polar surface area (TPSA) is 97.6 Å². The Bertz CT molecular complexity index is 978. The third-order valence-corrected chi connectivity index (χ3v) is 6.36. The summed E-state index contributed by atoms with van der Waals surface area (Å²) in [6, 6.07) is 7.94. The van der Waals surface area contributed by atoms with Gasteiger partial charge in [-0.1, -0.05) is 23.7 Å². The molecule has 0 N–H and O–H groups in total. The summed E-state index contributed by atoms with van der Waals surface area (Å²) in [5.41, 5.74) is 0.0881. The minimum absolute atomic E-state index is 0.117. The van der Waals surface area contributed by atoms with Crippen molar-refractivity contribution < 1.29 is 18.1 Å². The Balaban J connectivity index is 2.75. The predicted molar refractivity (Wildman–Crippen MR) is 99.3 cm³/mol. The van der Waals surface area contributed by atoms with Crippen molar-refractivity contribution in [3.05, 3.63) is 63.2 Å². The predicted octanol–water partition coefficient (Wildman–Crippen LogP) is 3.91. The molecule has 0 aliphatic heterocycles. The Morgan fingerprint density at radius 2 is 1.85 bits per heavy atom. The van der Waals surface area contributed by atoms with Crippen molar-refractivity contribution in [1.29, 1.82) is 0 Å². The molecule has 0 saturated carbocycles. The van der Waals surface area contributed by atoms with Crippen molar-refractivity contribution in [2.75, 3.05) is 4.31 Å². The first kappa shape index (κ1) is 20.2. The summed E-state index contributed by atoms with van der Waals surface area (Å²) in [7, 11) is -4.46. The van der Waals surface area contributed by atoms with Crippen LogP contribution in [0.4, 0.5) is 11.4 Å². The quantitative estimate of drug-likeness (QED) is 0.403.